The fourth-order valence-corrected chi connectivity index (χ4v) is 2.42. The predicted molar refractivity (Wildman–Crippen MR) is 85.0 cm³/mol. The van der Waals surface area contributed by atoms with Gasteiger partial charge in [-0.3, -0.25) is 0 Å². The SMILES string of the molecule is Cc1ccc(F)cc1-c1nc(=S)cc(-c2ccccc2)[nH]1. The van der Waals surface area contributed by atoms with Gasteiger partial charge in [0.2, 0.25) is 0 Å². The third kappa shape index (κ3) is 2.90. The first-order chi connectivity index (χ1) is 10.1. The van der Waals surface area contributed by atoms with Gasteiger partial charge in [-0.2, -0.15) is 0 Å². The van der Waals surface area contributed by atoms with Crippen LogP contribution in [0.3, 0.4) is 0 Å². The smallest absolute Gasteiger partial charge is 0.139 e. The van der Waals surface area contributed by atoms with Gasteiger partial charge in [-0.1, -0.05) is 48.6 Å². The monoisotopic (exact) mass is 296 g/mol. The predicted octanol–water partition coefficient (Wildman–Crippen LogP) is 4.92. The van der Waals surface area contributed by atoms with Crippen LogP contribution in [-0.2, 0) is 0 Å². The van der Waals surface area contributed by atoms with E-state index >= 15 is 0 Å². The van der Waals surface area contributed by atoms with Gasteiger partial charge >= 0.3 is 0 Å². The molecule has 0 aliphatic heterocycles. The first kappa shape index (κ1) is 13.6. The molecule has 2 aromatic carbocycles. The van der Waals surface area contributed by atoms with Crippen LogP contribution in [0.4, 0.5) is 4.39 Å². The van der Waals surface area contributed by atoms with Crippen molar-refractivity contribution in [3.05, 3.63) is 70.6 Å². The number of benzene rings is 2. The number of hydrogen-bond donors (Lipinski definition) is 1. The minimum absolute atomic E-state index is 0.290. The second kappa shape index (κ2) is 5.58. The van der Waals surface area contributed by atoms with E-state index in [-0.39, 0.29) is 5.82 Å². The molecule has 0 unspecified atom stereocenters. The summed E-state index contributed by atoms with van der Waals surface area (Å²) in [6.07, 6.45) is 0. The molecule has 4 heteroatoms. The zero-order chi connectivity index (χ0) is 14.8. The highest BCUT2D eigenvalue weighted by Gasteiger charge is 2.08. The minimum Gasteiger partial charge on any atom is -0.339 e. The average molecular weight is 296 g/mol. The quantitative estimate of drug-likeness (QED) is 0.680. The van der Waals surface area contributed by atoms with Crippen LogP contribution in [0.1, 0.15) is 5.56 Å². The van der Waals surface area contributed by atoms with Crippen molar-refractivity contribution in [1.82, 2.24) is 9.97 Å². The molecular weight excluding hydrogens is 283 g/mol. The fraction of sp³-hybridized carbons (Fsp3) is 0.0588. The number of nitrogens with one attached hydrogen (secondary N) is 1. The summed E-state index contributed by atoms with van der Waals surface area (Å²) in [6, 6.07) is 16.3. The van der Waals surface area contributed by atoms with Gasteiger partial charge in [0.1, 0.15) is 16.3 Å². The van der Waals surface area contributed by atoms with Crippen LogP contribution in [0.5, 0.6) is 0 Å². The molecule has 21 heavy (non-hydrogen) atoms. The molecule has 0 saturated heterocycles. The number of nitrogens with zero attached hydrogens (tertiary/aromatic N) is 1. The van der Waals surface area contributed by atoms with Crippen molar-refractivity contribution in [3.8, 4) is 22.6 Å². The summed E-state index contributed by atoms with van der Waals surface area (Å²) in [5.41, 5.74) is 3.55. The standard InChI is InChI=1S/C17H13FN2S/c1-11-7-8-13(18)9-14(11)17-19-15(10-16(21)20-17)12-5-3-2-4-6-12/h2-10H,1H3,(H,19,20,21). The van der Waals surface area contributed by atoms with E-state index in [0.717, 1.165) is 22.4 Å². The molecule has 1 aromatic heterocycles. The summed E-state index contributed by atoms with van der Waals surface area (Å²) in [5.74, 6) is 0.292. The molecule has 0 radical (unpaired) electrons. The van der Waals surface area contributed by atoms with Gasteiger partial charge in [0, 0.05) is 11.3 Å². The van der Waals surface area contributed by atoms with Gasteiger partial charge in [-0.05, 0) is 36.2 Å². The molecule has 2 nitrogen and oxygen atoms in total. The number of rotatable bonds is 2. The molecule has 0 aliphatic carbocycles. The van der Waals surface area contributed by atoms with Gasteiger partial charge < -0.3 is 4.98 Å². The largest absolute Gasteiger partial charge is 0.339 e. The Kier molecular flexibility index (Phi) is 3.62. The summed E-state index contributed by atoms with van der Waals surface area (Å²) in [6.45, 7) is 1.92. The Bertz CT molecular complexity index is 841. The van der Waals surface area contributed by atoms with Crippen molar-refractivity contribution in [3.63, 3.8) is 0 Å². The topological polar surface area (TPSA) is 28.7 Å². The van der Waals surface area contributed by atoms with Crippen LogP contribution in [0.15, 0.2) is 54.6 Å². The molecular formula is C17H13FN2S. The Morgan fingerprint density at radius 2 is 1.81 bits per heavy atom. The maximum atomic E-state index is 13.5. The van der Waals surface area contributed by atoms with Crippen molar-refractivity contribution in [2.75, 3.05) is 0 Å². The Morgan fingerprint density at radius 1 is 1.05 bits per heavy atom. The van der Waals surface area contributed by atoms with E-state index in [1.165, 1.54) is 12.1 Å². The molecule has 104 valence electrons. The second-order valence-electron chi connectivity index (χ2n) is 4.81. The van der Waals surface area contributed by atoms with Gasteiger partial charge in [0.25, 0.3) is 0 Å². The lowest BCUT2D eigenvalue weighted by atomic mass is 10.1. The molecule has 0 bridgehead atoms. The van der Waals surface area contributed by atoms with Gasteiger partial charge in [0.15, 0.2) is 0 Å². The van der Waals surface area contributed by atoms with Crippen LogP contribution < -0.4 is 0 Å². The van der Waals surface area contributed by atoms with E-state index in [1.807, 2.05) is 43.3 Å². The highest BCUT2D eigenvalue weighted by molar-refractivity contribution is 7.71. The van der Waals surface area contributed by atoms with Crippen LogP contribution in [0.25, 0.3) is 22.6 Å². The summed E-state index contributed by atoms with van der Waals surface area (Å²) < 4.78 is 14.0. The van der Waals surface area contributed by atoms with Crippen LogP contribution in [0.2, 0.25) is 0 Å². The van der Waals surface area contributed by atoms with Crippen molar-refractivity contribution < 1.29 is 4.39 Å². The normalized spacial score (nSPS) is 10.6. The Labute approximate surface area is 127 Å². The zero-order valence-electron chi connectivity index (χ0n) is 11.4. The number of halogens is 1. The Morgan fingerprint density at radius 3 is 2.57 bits per heavy atom. The molecule has 1 N–H and O–H groups in total. The molecule has 0 atom stereocenters. The molecule has 0 spiro atoms. The third-order valence-electron chi connectivity index (χ3n) is 3.28. The van der Waals surface area contributed by atoms with E-state index in [2.05, 4.69) is 9.97 Å². The third-order valence-corrected chi connectivity index (χ3v) is 3.49. The number of aromatic nitrogens is 2. The molecule has 3 rings (SSSR count). The lowest BCUT2D eigenvalue weighted by molar-refractivity contribution is 0.627. The van der Waals surface area contributed by atoms with Crippen molar-refractivity contribution in [1.29, 1.82) is 0 Å². The molecule has 0 fully saturated rings. The summed E-state index contributed by atoms with van der Waals surface area (Å²) in [7, 11) is 0. The molecule has 3 aromatic rings. The Balaban J connectivity index is 2.19. The van der Waals surface area contributed by atoms with Crippen molar-refractivity contribution in [2.45, 2.75) is 6.92 Å². The number of aromatic amines is 1. The van der Waals surface area contributed by atoms with E-state index in [4.69, 9.17) is 12.2 Å². The molecule has 1 heterocycles. The van der Waals surface area contributed by atoms with Gasteiger partial charge in [0.05, 0.1) is 0 Å². The lowest BCUT2D eigenvalue weighted by Crippen LogP contribution is -1.95. The van der Waals surface area contributed by atoms with Gasteiger partial charge in [-0.25, -0.2) is 9.37 Å². The number of H-pyrrole nitrogens is 1. The van der Waals surface area contributed by atoms with Crippen LogP contribution in [-0.4, -0.2) is 9.97 Å². The molecule has 0 amide bonds. The number of hydrogen-bond acceptors (Lipinski definition) is 2. The summed E-state index contributed by atoms with van der Waals surface area (Å²) in [5, 5.41) is 0. The lowest BCUT2D eigenvalue weighted by Gasteiger charge is -2.09. The summed E-state index contributed by atoms with van der Waals surface area (Å²) >= 11 is 5.24. The summed E-state index contributed by atoms with van der Waals surface area (Å²) in [4.78, 5) is 7.57. The first-order valence-electron chi connectivity index (χ1n) is 6.57. The van der Waals surface area contributed by atoms with Crippen molar-refractivity contribution >= 4 is 12.2 Å². The maximum absolute atomic E-state index is 13.5. The second-order valence-corrected chi connectivity index (χ2v) is 5.23. The molecule has 0 aliphatic rings. The van der Waals surface area contributed by atoms with Crippen molar-refractivity contribution in [2.24, 2.45) is 0 Å². The average Bonchev–Trinajstić information content (AvgIpc) is 2.50. The minimum atomic E-state index is -0.290. The van der Waals surface area contributed by atoms with E-state index in [9.17, 15) is 4.39 Å². The highest BCUT2D eigenvalue weighted by Crippen LogP contribution is 2.24. The molecule has 0 saturated carbocycles. The van der Waals surface area contributed by atoms with E-state index in [1.54, 1.807) is 6.07 Å². The highest BCUT2D eigenvalue weighted by atomic mass is 32.1. The first-order valence-corrected chi connectivity index (χ1v) is 6.97. The van der Waals surface area contributed by atoms with E-state index < -0.39 is 0 Å². The van der Waals surface area contributed by atoms with E-state index in [0.29, 0.717) is 10.5 Å². The fourth-order valence-electron chi connectivity index (χ4n) is 2.21. The van der Waals surface area contributed by atoms with Crippen LogP contribution >= 0.6 is 12.2 Å². The number of aryl methyl sites for hydroxylation is 1. The zero-order valence-corrected chi connectivity index (χ0v) is 12.2. The Hall–Kier alpha value is -2.33. The van der Waals surface area contributed by atoms with Gasteiger partial charge in [-0.15, -0.1) is 0 Å². The van der Waals surface area contributed by atoms with Crippen LogP contribution in [0, 0.1) is 17.4 Å². The maximum Gasteiger partial charge on any atom is 0.139 e.